The van der Waals surface area contributed by atoms with Crippen LogP contribution in [0.2, 0.25) is 78.6 Å². The van der Waals surface area contributed by atoms with Crippen LogP contribution in [0.25, 0.3) is 54.9 Å². The van der Waals surface area contributed by atoms with E-state index < -0.39 is 53.1 Å². The average Bonchev–Trinajstić information content (AvgIpc) is 3.99. The first-order chi connectivity index (χ1) is 32.9. The van der Waals surface area contributed by atoms with Gasteiger partial charge in [0.1, 0.15) is 0 Å². The summed E-state index contributed by atoms with van der Waals surface area (Å²) in [5.74, 6) is 0. The third-order valence-electron chi connectivity index (χ3n) is 13.5. The van der Waals surface area contributed by atoms with Gasteiger partial charge < -0.3 is 0 Å². The zero-order chi connectivity index (χ0) is 51.3. The standard InChI is InChI=1S/2C25H35Si2.C12H7Si.2ClH.Zr/c2*1-9-10-19-11-12-20-13-18(2)14-24(20)25(19)21-15-22(26(3,4)5)17-23(16-21)27(6,7)8;1-3-7-11-9(5-1)10-6-2-4-8-12(10)13-11;;;/h2*11-17H,9-10H2,1-8H3;1-7H;2*1H;/q3*-1;;;+2/p-2. The van der Waals surface area contributed by atoms with E-state index in [2.05, 4.69) is 234 Å². The second-order valence-corrected chi connectivity index (χ2v) is 48.9. The molecule has 0 N–H and O–H groups in total. The molecular formula is C62H77Cl2Si5Zr-3. The summed E-state index contributed by atoms with van der Waals surface area (Å²) in [4.78, 5) is 0. The zero-order valence-corrected chi connectivity index (χ0v) is 54.2. The van der Waals surface area contributed by atoms with Gasteiger partial charge in [0.2, 0.25) is 0 Å². The van der Waals surface area contributed by atoms with Crippen LogP contribution >= 0.6 is 17.0 Å². The Bertz CT molecular complexity index is 2790. The minimum Gasteiger partial charge on any atom is -0.184 e. The van der Waals surface area contributed by atoms with E-state index in [0.717, 1.165) is 22.4 Å². The van der Waals surface area contributed by atoms with E-state index in [9.17, 15) is 0 Å². The van der Waals surface area contributed by atoms with Crippen molar-refractivity contribution < 1.29 is 20.8 Å². The molecule has 1 heterocycles. The van der Waals surface area contributed by atoms with Crippen LogP contribution in [-0.2, 0) is 33.7 Å². The molecule has 8 aromatic carbocycles. The van der Waals surface area contributed by atoms with Gasteiger partial charge in [0, 0.05) is 0 Å². The molecule has 0 saturated carbocycles. The summed E-state index contributed by atoms with van der Waals surface area (Å²) in [5.41, 5.74) is 14.4. The Morgan fingerprint density at radius 2 is 0.886 bits per heavy atom. The molecule has 0 aromatic heterocycles. The maximum Gasteiger partial charge on any atom is 0.0920 e. The molecule has 8 heteroatoms. The number of rotatable bonds is 10. The molecule has 0 nitrogen and oxygen atoms in total. The summed E-state index contributed by atoms with van der Waals surface area (Å²) in [7, 11) is 5.13. The van der Waals surface area contributed by atoms with E-state index in [4.69, 9.17) is 17.0 Å². The van der Waals surface area contributed by atoms with Gasteiger partial charge in [-0.15, -0.1) is 74.6 Å². The predicted octanol–water partition coefficient (Wildman–Crippen LogP) is 15.7. The minimum absolute atomic E-state index is 0.795. The van der Waals surface area contributed by atoms with Crippen LogP contribution in [0.3, 0.4) is 0 Å². The van der Waals surface area contributed by atoms with Crippen LogP contribution in [0.1, 0.15) is 48.9 Å². The summed E-state index contributed by atoms with van der Waals surface area (Å²) in [5, 5.41) is 14.9. The van der Waals surface area contributed by atoms with Gasteiger partial charge in [-0.3, -0.25) is 0 Å². The second kappa shape index (κ2) is 23.5. The van der Waals surface area contributed by atoms with Crippen molar-refractivity contribution in [1.82, 2.24) is 0 Å². The first kappa shape index (κ1) is 56.4. The molecule has 1 aliphatic heterocycles. The summed E-state index contributed by atoms with van der Waals surface area (Å²) >= 11 is -0.826. The molecule has 0 amide bonds. The summed E-state index contributed by atoms with van der Waals surface area (Å²) < 4.78 is 0. The van der Waals surface area contributed by atoms with E-state index in [0.29, 0.717) is 0 Å². The van der Waals surface area contributed by atoms with Gasteiger partial charge in [0.05, 0.1) is 41.8 Å². The van der Waals surface area contributed by atoms with Crippen molar-refractivity contribution in [3.8, 4) is 33.4 Å². The Balaban J connectivity index is 0.000000176. The fourth-order valence-electron chi connectivity index (χ4n) is 9.59. The Hall–Kier alpha value is -2.91. The smallest absolute Gasteiger partial charge is 0.0920 e. The zero-order valence-electron chi connectivity index (χ0n) is 45.2. The van der Waals surface area contributed by atoms with Gasteiger partial charge in [0.25, 0.3) is 0 Å². The van der Waals surface area contributed by atoms with Crippen LogP contribution in [-0.4, -0.2) is 41.8 Å². The van der Waals surface area contributed by atoms with Crippen LogP contribution in [0, 0.1) is 19.9 Å². The monoisotopic (exact) mass is 1120 g/mol. The first-order valence-electron chi connectivity index (χ1n) is 25.4. The van der Waals surface area contributed by atoms with Crippen molar-refractivity contribution in [2.45, 2.75) is 132 Å². The minimum atomic E-state index is -1.38. The van der Waals surface area contributed by atoms with Gasteiger partial charge in [-0.25, -0.2) is 0 Å². The number of halogens is 2. The van der Waals surface area contributed by atoms with Crippen molar-refractivity contribution in [3.05, 3.63) is 156 Å². The summed E-state index contributed by atoms with van der Waals surface area (Å²) in [6.07, 6.45) is 4.67. The Morgan fingerprint density at radius 3 is 1.27 bits per heavy atom. The number of benzene rings is 6. The van der Waals surface area contributed by atoms with Crippen LogP contribution < -0.4 is 31.1 Å². The van der Waals surface area contributed by atoms with E-state index in [1.807, 2.05) is 6.07 Å². The third kappa shape index (κ3) is 13.8. The molecule has 0 spiro atoms. The molecule has 8 aromatic rings. The predicted molar refractivity (Wildman–Crippen MR) is 327 cm³/mol. The van der Waals surface area contributed by atoms with Gasteiger partial charge in [-0.2, -0.15) is 41.6 Å². The van der Waals surface area contributed by atoms with Crippen molar-refractivity contribution in [1.29, 1.82) is 0 Å². The summed E-state index contributed by atoms with van der Waals surface area (Å²) in [6, 6.07) is 52.1. The van der Waals surface area contributed by atoms with E-state index in [1.165, 1.54) is 100 Å². The number of aryl methyl sites for hydroxylation is 4. The molecule has 9 rings (SSSR count). The van der Waals surface area contributed by atoms with E-state index in [1.54, 1.807) is 20.7 Å². The fourth-order valence-corrected chi connectivity index (χ4v) is 15.9. The van der Waals surface area contributed by atoms with Gasteiger partial charge in [-0.1, -0.05) is 234 Å². The molecule has 0 bridgehead atoms. The normalized spacial score (nSPS) is 12.3. The molecule has 0 aliphatic carbocycles. The number of fused-ring (bicyclic) bond motifs is 5. The Kier molecular flexibility index (Phi) is 19.0. The van der Waals surface area contributed by atoms with Gasteiger partial charge in [-0.05, 0) is 24.0 Å². The molecular weight excluding hydrogens is 1050 g/mol. The van der Waals surface area contributed by atoms with Crippen molar-refractivity contribution in [2.24, 2.45) is 0 Å². The molecule has 0 fully saturated rings. The van der Waals surface area contributed by atoms with Crippen molar-refractivity contribution in [2.75, 3.05) is 0 Å². The Morgan fingerprint density at radius 1 is 0.500 bits per heavy atom. The van der Waals surface area contributed by atoms with Crippen molar-refractivity contribution in [3.63, 3.8) is 0 Å². The molecule has 1 aliphatic rings. The van der Waals surface area contributed by atoms with Gasteiger partial charge in [0.15, 0.2) is 0 Å². The van der Waals surface area contributed by atoms with Crippen LogP contribution in [0.4, 0.5) is 0 Å². The average molecular weight is 1120 g/mol. The van der Waals surface area contributed by atoms with Crippen molar-refractivity contribution >= 4 is 112 Å². The van der Waals surface area contributed by atoms with Gasteiger partial charge >= 0.3 is 37.9 Å². The molecule has 0 unspecified atom stereocenters. The number of hydrogen-bond donors (Lipinski definition) is 0. The fraction of sp³-hybridized carbons (Fsp3) is 0.323. The Labute approximate surface area is 449 Å². The third-order valence-corrected chi connectivity index (χ3v) is 23.0. The maximum absolute atomic E-state index is 4.93. The first-order valence-corrected chi connectivity index (χ1v) is 46.7. The van der Waals surface area contributed by atoms with Crippen LogP contribution in [0.15, 0.2) is 127 Å². The quantitative estimate of drug-likeness (QED) is 0.0946. The molecule has 0 saturated heterocycles. The van der Waals surface area contributed by atoms with Crippen LogP contribution in [0.5, 0.6) is 0 Å². The second-order valence-electron chi connectivity index (χ2n) is 23.6. The maximum atomic E-state index is 4.93. The summed E-state index contributed by atoms with van der Waals surface area (Å²) in [6.45, 7) is 38.7. The molecule has 2 radical (unpaired) electrons. The molecule has 0 atom stereocenters. The number of hydrogen-bond acceptors (Lipinski definition) is 0. The molecule has 366 valence electrons. The topological polar surface area (TPSA) is 0 Å². The largest absolute Gasteiger partial charge is 0.184 e. The van der Waals surface area contributed by atoms with E-state index in [-0.39, 0.29) is 0 Å². The molecule has 70 heavy (non-hydrogen) atoms. The van der Waals surface area contributed by atoms with E-state index >= 15 is 0 Å². The SMILES string of the molecule is CCCc1ccc2[cH-]c(C)cc2c1-c1cc([Si](C)(C)C)cc([Si](C)(C)C)c1.CCCc1ccc2[cH-]c(C)cc2c1-c1cc([Si](C)(C)C)cc([Si](C)(C)C)c1.[Cl][Zr][Cl].[c-]1cccc2c1[Si]c1ccccc1-2.